The number of nitrogens with one attached hydrogen (secondary N) is 1. The number of H-pyrrole nitrogens is 1. The number of benzene rings is 1. The summed E-state index contributed by atoms with van der Waals surface area (Å²) >= 11 is 5.44. The van der Waals surface area contributed by atoms with Crippen molar-refractivity contribution in [1.29, 1.82) is 0 Å². The largest absolute Gasteiger partial charge is 0.331 e. The van der Waals surface area contributed by atoms with Gasteiger partial charge in [-0.2, -0.15) is 0 Å². The highest BCUT2D eigenvalue weighted by atomic mass is 32.1. The van der Waals surface area contributed by atoms with Crippen LogP contribution >= 0.6 is 12.2 Å². The van der Waals surface area contributed by atoms with Gasteiger partial charge in [0.05, 0.1) is 11.0 Å². The van der Waals surface area contributed by atoms with Crippen LogP contribution in [-0.4, -0.2) is 9.55 Å². The fourth-order valence-electron chi connectivity index (χ4n) is 2.09. The summed E-state index contributed by atoms with van der Waals surface area (Å²) < 4.78 is 3.07. The van der Waals surface area contributed by atoms with Crippen LogP contribution in [0.25, 0.3) is 11.0 Å². The Balaban J connectivity index is 2.61. The number of imidazole rings is 1. The van der Waals surface area contributed by atoms with Gasteiger partial charge in [-0.3, -0.25) is 0 Å². The van der Waals surface area contributed by atoms with Crippen LogP contribution < -0.4 is 0 Å². The Morgan fingerprint density at radius 1 is 1.35 bits per heavy atom. The fourth-order valence-corrected chi connectivity index (χ4v) is 2.36. The van der Waals surface area contributed by atoms with Gasteiger partial charge in [-0.1, -0.05) is 32.9 Å². The Kier molecular flexibility index (Phi) is 3.13. The van der Waals surface area contributed by atoms with Crippen molar-refractivity contribution in [1.82, 2.24) is 9.55 Å². The van der Waals surface area contributed by atoms with Gasteiger partial charge >= 0.3 is 0 Å². The van der Waals surface area contributed by atoms with Gasteiger partial charge in [0.25, 0.3) is 0 Å². The molecule has 1 heterocycles. The summed E-state index contributed by atoms with van der Waals surface area (Å²) in [6.07, 6.45) is 1.15. The van der Waals surface area contributed by atoms with E-state index in [1.807, 2.05) is 0 Å². The van der Waals surface area contributed by atoms with Crippen molar-refractivity contribution < 1.29 is 0 Å². The minimum Gasteiger partial charge on any atom is -0.331 e. The van der Waals surface area contributed by atoms with Gasteiger partial charge < -0.3 is 9.55 Å². The van der Waals surface area contributed by atoms with Crippen LogP contribution in [-0.2, 0) is 6.54 Å². The number of hydrogen-bond donors (Lipinski definition) is 1. The summed E-state index contributed by atoms with van der Waals surface area (Å²) in [7, 11) is 0. The first-order valence-electron chi connectivity index (χ1n) is 6.13. The van der Waals surface area contributed by atoms with Crippen LogP contribution in [0.5, 0.6) is 0 Å². The zero-order chi connectivity index (χ0) is 12.6. The van der Waals surface area contributed by atoms with Crippen molar-refractivity contribution in [2.75, 3.05) is 0 Å². The number of aryl methyl sites for hydroxylation is 1. The molecule has 0 unspecified atom stereocenters. The molecule has 0 amide bonds. The molecule has 0 spiro atoms. The van der Waals surface area contributed by atoms with E-state index in [1.54, 1.807) is 0 Å². The van der Waals surface area contributed by atoms with Gasteiger partial charge in [-0.25, -0.2) is 0 Å². The minimum absolute atomic E-state index is 0.273. The van der Waals surface area contributed by atoms with E-state index < -0.39 is 0 Å². The summed E-state index contributed by atoms with van der Waals surface area (Å²) in [5, 5.41) is 0. The van der Waals surface area contributed by atoms with E-state index in [-0.39, 0.29) is 5.41 Å². The maximum atomic E-state index is 5.44. The standard InChI is InChI=1S/C14H20N2S/c1-5-14(3,4)9-16-12-10(2)7-6-8-11(12)15-13(16)17/h6-8H,5,9H2,1-4H3,(H,15,17). The van der Waals surface area contributed by atoms with Crippen LogP contribution in [0, 0.1) is 17.1 Å². The molecule has 0 atom stereocenters. The lowest BCUT2D eigenvalue weighted by atomic mass is 9.90. The third-order valence-electron chi connectivity index (χ3n) is 3.54. The molecule has 2 rings (SSSR count). The van der Waals surface area contributed by atoms with E-state index in [2.05, 4.69) is 55.4 Å². The van der Waals surface area contributed by atoms with Crippen molar-refractivity contribution in [3.05, 3.63) is 28.5 Å². The average molecular weight is 248 g/mol. The molecule has 0 aliphatic carbocycles. The van der Waals surface area contributed by atoms with Gasteiger partial charge in [0.1, 0.15) is 0 Å². The molecular formula is C14H20N2S. The molecule has 0 saturated heterocycles. The molecule has 0 aliphatic heterocycles. The normalized spacial score (nSPS) is 12.2. The molecule has 0 fully saturated rings. The van der Waals surface area contributed by atoms with Gasteiger partial charge in [-0.15, -0.1) is 0 Å². The van der Waals surface area contributed by atoms with Crippen molar-refractivity contribution in [3.63, 3.8) is 0 Å². The van der Waals surface area contributed by atoms with Crippen LogP contribution in [0.1, 0.15) is 32.8 Å². The van der Waals surface area contributed by atoms with Crippen LogP contribution in [0.15, 0.2) is 18.2 Å². The van der Waals surface area contributed by atoms with Gasteiger partial charge in [-0.05, 0) is 42.6 Å². The quantitative estimate of drug-likeness (QED) is 0.796. The minimum atomic E-state index is 0.273. The second-order valence-corrected chi connectivity index (χ2v) is 5.89. The zero-order valence-corrected chi connectivity index (χ0v) is 11.8. The summed E-state index contributed by atoms with van der Waals surface area (Å²) in [5.74, 6) is 0. The topological polar surface area (TPSA) is 20.7 Å². The first kappa shape index (κ1) is 12.4. The van der Waals surface area contributed by atoms with Gasteiger partial charge in [0, 0.05) is 6.54 Å². The second-order valence-electron chi connectivity index (χ2n) is 5.51. The van der Waals surface area contributed by atoms with E-state index in [4.69, 9.17) is 12.2 Å². The van der Waals surface area contributed by atoms with Crippen LogP contribution in [0.3, 0.4) is 0 Å². The molecule has 92 valence electrons. The first-order valence-corrected chi connectivity index (χ1v) is 6.53. The lowest BCUT2D eigenvalue weighted by molar-refractivity contribution is 0.297. The van der Waals surface area contributed by atoms with Crippen molar-refractivity contribution in [2.24, 2.45) is 5.41 Å². The lowest BCUT2D eigenvalue weighted by Crippen LogP contribution is -2.18. The maximum Gasteiger partial charge on any atom is 0.178 e. The molecule has 1 aromatic heterocycles. The third-order valence-corrected chi connectivity index (χ3v) is 3.86. The van der Waals surface area contributed by atoms with Crippen LogP contribution in [0.4, 0.5) is 0 Å². The lowest BCUT2D eigenvalue weighted by Gasteiger charge is -2.23. The van der Waals surface area contributed by atoms with E-state index in [9.17, 15) is 0 Å². The first-order chi connectivity index (χ1) is 7.94. The molecule has 3 heteroatoms. The molecule has 0 aliphatic rings. The highest BCUT2D eigenvalue weighted by Gasteiger charge is 2.18. The number of aromatic nitrogens is 2. The third kappa shape index (κ3) is 2.29. The molecule has 2 nitrogen and oxygen atoms in total. The van der Waals surface area contributed by atoms with E-state index in [1.165, 1.54) is 11.1 Å². The Bertz CT molecular complexity index is 590. The smallest absolute Gasteiger partial charge is 0.178 e. The number of nitrogens with zero attached hydrogens (tertiary/aromatic N) is 1. The summed E-state index contributed by atoms with van der Waals surface area (Å²) in [6.45, 7) is 9.90. The highest BCUT2D eigenvalue weighted by Crippen LogP contribution is 2.26. The van der Waals surface area contributed by atoms with E-state index >= 15 is 0 Å². The fraction of sp³-hybridized carbons (Fsp3) is 0.500. The molecule has 1 N–H and O–H groups in total. The highest BCUT2D eigenvalue weighted by molar-refractivity contribution is 7.71. The average Bonchev–Trinajstić information content (AvgIpc) is 2.56. The maximum absolute atomic E-state index is 5.44. The summed E-state index contributed by atoms with van der Waals surface area (Å²) in [5.41, 5.74) is 3.94. The molecule has 0 bridgehead atoms. The molecule has 2 aromatic rings. The number of para-hydroxylation sites is 1. The summed E-state index contributed by atoms with van der Waals surface area (Å²) in [4.78, 5) is 3.29. The number of aromatic amines is 1. The Morgan fingerprint density at radius 2 is 2.06 bits per heavy atom. The van der Waals surface area contributed by atoms with Crippen LogP contribution in [0.2, 0.25) is 0 Å². The number of fused-ring (bicyclic) bond motifs is 1. The van der Waals surface area contributed by atoms with Crippen molar-refractivity contribution in [3.8, 4) is 0 Å². The molecule has 0 radical (unpaired) electrons. The van der Waals surface area contributed by atoms with E-state index in [0.29, 0.717) is 0 Å². The number of rotatable bonds is 3. The molecular weight excluding hydrogens is 228 g/mol. The van der Waals surface area contributed by atoms with Crippen molar-refractivity contribution in [2.45, 2.75) is 40.7 Å². The molecule has 0 saturated carbocycles. The Hall–Kier alpha value is -1.09. The second kappa shape index (κ2) is 4.30. The zero-order valence-electron chi connectivity index (χ0n) is 11.0. The SMILES string of the molecule is CCC(C)(C)Cn1c(=S)[nH]c2cccc(C)c21. The molecule has 17 heavy (non-hydrogen) atoms. The summed E-state index contributed by atoms with van der Waals surface area (Å²) in [6, 6.07) is 6.30. The monoisotopic (exact) mass is 248 g/mol. The predicted octanol–water partition coefficient (Wildman–Crippen LogP) is 4.44. The van der Waals surface area contributed by atoms with Gasteiger partial charge in [0.2, 0.25) is 0 Å². The number of hydrogen-bond acceptors (Lipinski definition) is 1. The Labute approximate surface area is 108 Å². The predicted molar refractivity (Wildman–Crippen MR) is 75.9 cm³/mol. The van der Waals surface area contributed by atoms with Crippen molar-refractivity contribution >= 4 is 23.3 Å². The molecule has 1 aromatic carbocycles. The Morgan fingerprint density at radius 3 is 2.71 bits per heavy atom. The van der Waals surface area contributed by atoms with E-state index in [0.717, 1.165) is 23.3 Å². The van der Waals surface area contributed by atoms with Gasteiger partial charge in [0.15, 0.2) is 4.77 Å².